The summed E-state index contributed by atoms with van der Waals surface area (Å²) in [5, 5.41) is 0. The van der Waals surface area contributed by atoms with Gasteiger partial charge in [-0.05, 0) is 46.4 Å². The molecule has 0 aromatic heterocycles. The molecule has 2 aliphatic rings. The number of nitrogens with zero attached hydrogens (tertiary/aromatic N) is 3. The Labute approximate surface area is 110 Å². The van der Waals surface area contributed by atoms with Gasteiger partial charge in [0.25, 0.3) is 0 Å². The van der Waals surface area contributed by atoms with Gasteiger partial charge in [-0.25, -0.2) is 0 Å². The predicted octanol–water partition coefficient (Wildman–Crippen LogP) is -0.428. The third-order valence-corrected chi connectivity index (χ3v) is 4.06. The second kappa shape index (κ2) is 5.99. The third-order valence-electron chi connectivity index (χ3n) is 4.06. The maximum absolute atomic E-state index is 12.0. The Kier molecular flexibility index (Phi) is 4.59. The maximum atomic E-state index is 12.0. The van der Waals surface area contributed by atoms with Gasteiger partial charge in [0.05, 0.1) is 6.54 Å². The molecule has 2 rings (SSSR count). The lowest BCUT2D eigenvalue weighted by atomic mass is 10.0. The van der Waals surface area contributed by atoms with Crippen molar-refractivity contribution in [3.63, 3.8) is 0 Å². The zero-order valence-corrected chi connectivity index (χ0v) is 11.6. The average molecular weight is 254 g/mol. The Bertz CT molecular complexity index is 287. The number of hydrogen-bond acceptors (Lipinski definition) is 4. The number of carbonyl (C=O) groups excluding carboxylic acids is 1. The van der Waals surface area contributed by atoms with E-state index in [1.165, 1.54) is 0 Å². The van der Waals surface area contributed by atoms with Gasteiger partial charge >= 0.3 is 0 Å². The number of hydrogen-bond donors (Lipinski definition) is 1. The molecule has 5 heteroatoms. The second-order valence-electron chi connectivity index (χ2n) is 5.89. The van der Waals surface area contributed by atoms with Gasteiger partial charge in [-0.15, -0.1) is 0 Å². The fourth-order valence-electron chi connectivity index (χ4n) is 2.92. The summed E-state index contributed by atoms with van der Waals surface area (Å²) < 4.78 is 0. The number of likely N-dealkylation sites (tertiary alicyclic amines) is 2. The van der Waals surface area contributed by atoms with Gasteiger partial charge in [0, 0.05) is 25.2 Å². The molecule has 0 aromatic rings. The number of piperidine rings is 1. The summed E-state index contributed by atoms with van der Waals surface area (Å²) in [4.78, 5) is 18.5. The molecule has 1 amide bonds. The van der Waals surface area contributed by atoms with E-state index in [2.05, 4.69) is 4.90 Å². The zero-order chi connectivity index (χ0) is 13.1. The Morgan fingerprint density at radius 2 is 1.89 bits per heavy atom. The summed E-state index contributed by atoms with van der Waals surface area (Å²) in [5.41, 5.74) is 5.93. The summed E-state index contributed by atoms with van der Waals surface area (Å²) in [6.45, 7) is 4.54. The predicted molar refractivity (Wildman–Crippen MR) is 72.3 cm³/mol. The van der Waals surface area contributed by atoms with E-state index in [4.69, 9.17) is 5.73 Å². The molecular formula is C13H26N4O. The largest absolute Gasteiger partial charge is 0.340 e. The zero-order valence-electron chi connectivity index (χ0n) is 11.6. The van der Waals surface area contributed by atoms with E-state index < -0.39 is 0 Å². The summed E-state index contributed by atoms with van der Waals surface area (Å²) in [6, 6.07) is 0.942. The number of carbonyl (C=O) groups is 1. The smallest absolute Gasteiger partial charge is 0.236 e. The Hall–Kier alpha value is -0.650. The van der Waals surface area contributed by atoms with Crippen molar-refractivity contribution in [1.29, 1.82) is 0 Å². The molecule has 0 aliphatic carbocycles. The molecule has 5 nitrogen and oxygen atoms in total. The highest BCUT2D eigenvalue weighted by atomic mass is 16.2. The SMILES string of the molecule is CN(C)CC(=O)N1CCC(N2CCC(N)CC2)C1. The molecule has 0 bridgehead atoms. The molecule has 0 radical (unpaired) electrons. The monoisotopic (exact) mass is 254 g/mol. The quantitative estimate of drug-likeness (QED) is 0.743. The van der Waals surface area contributed by atoms with Crippen molar-refractivity contribution >= 4 is 5.91 Å². The normalized spacial score (nSPS) is 27.1. The van der Waals surface area contributed by atoms with Gasteiger partial charge in [-0.2, -0.15) is 0 Å². The van der Waals surface area contributed by atoms with E-state index in [-0.39, 0.29) is 5.91 Å². The van der Waals surface area contributed by atoms with Crippen LogP contribution >= 0.6 is 0 Å². The first-order valence-corrected chi connectivity index (χ1v) is 6.98. The first-order chi connectivity index (χ1) is 8.56. The van der Waals surface area contributed by atoms with E-state index in [1.54, 1.807) is 0 Å². The molecule has 1 unspecified atom stereocenters. The molecule has 2 N–H and O–H groups in total. The second-order valence-corrected chi connectivity index (χ2v) is 5.89. The van der Waals surface area contributed by atoms with Crippen LogP contribution in [0.15, 0.2) is 0 Å². The van der Waals surface area contributed by atoms with Crippen LogP contribution in [0.5, 0.6) is 0 Å². The lowest BCUT2D eigenvalue weighted by Gasteiger charge is -2.34. The average Bonchev–Trinajstić information content (AvgIpc) is 2.78. The van der Waals surface area contributed by atoms with Crippen LogP contribution < -0.4 is 5.73 Å². The van der Waals surface area contributed by atoms with Crippen LogP contribution in [0.25, 0.3) is 0 Å². The maximum Gasteiger partial charge on any atom is 0.236 e. The van der Waals surface area contributed by atoms with E-state index >= 15 is 0 Å². The Morgan fingerprint density at radius 3 is 2.50 bits per heavy atom. The minimum absolute atomic E-state index is 0.260. The van der Waals surface area contributed by atoms with Gasteiger partial charge < -0.3 is 15.5 Å². The van der Waals surface area contributed by atoms with Crippen molar-refractivity contribution in [3.05, 3.63) is 0 Å². The molecule has 0 spiro atoms. The standard InChI is InChI=1S/C13H26N4O/c1-15(2)10-13(18)17-8-5-12(9-17)16-6-3-11(14)4-7-16/h11-12H,3-10,14H2,1-2H3. The number of likely N-dealkylation sites (N-methyl/N-ethyl adjacent to an activating group) is 1. The minimum Gasteiger partial charge on any atom is -0.340 e. The first-order valence-electron chi connectivity index (χ1n) is 6.98. The fraction of sp³-hybridized carbons (Fsp3) is 0.923. The molecular weight excluding hydrogens is 228 g/mol. The van der Waals surface area contributed by atoms with Crippen LogP contribution in [0.4, 0.5) is 0 Å². The molecule has 18 heavy (non-hydrogen) atoms. The van der Waals surface area contributed by atoms with Gasteiger partial charge in [0.15, 0.2) is 0 Å². The lowest BCUT2D eigenvalue weighted by Crippen LogP contribution is -2.46. The van der Waals surface area contributed by atoms with E-state index in [9.17, 15) is 4.79 Å². The molecule has 2 fully saturated rings. The Morgan fingerprint density at radius 1 is 1.22 bits per heavy atom. The molecule has 0 aromatic carbocycles. The summed E-state index contributed by atoms with van der Waals surface area (Å²) in [5.74, 6) is 0.260. The van der Waals surface area contributed by atoms with Gasteiger partial charge in [-0.1, -0.05) is 0 Å². The van der Waals surface area contributed by atoms with Crippen molar-refractivity contribution in [2.24, 2.45) is 5.73 Å². The van der Waals surface area contributed by atoms with Crippen LogP contribution in [0.2, 0.25) is 0 Å². The van der Waals surface area contributed by atoms with Crippen molar-refractivity contribution in [2.45, 2.75) is 31.3 Å². The minimum atomic E-state index is 0.260. The van der Waals surface area contributed by atoms with Crippen LogP contribution in [0, 0.1) is 0 Å². The van der Waals surface area contributed by atoms with Gasteiger partial charge in [0.2, 0.25) is 5.91 Å². The van der Waals surface area contributed by atoms with Crippen LogP contribution in [-0.2, 0) is 4.79 Å². The van der Waals surface area contributed by atoms with E-state index in [0.717, 1.165) is 45.4 Å². The molecule has 104 valence electrons. The van der Waals surface area contributed by atoms with Gasteiger partial charge in [-0.3, -0.25) is 9.69 Å². The molecule has 2 aliphatic heterocycles. The fourth-order valence-corrected chi connectivity index (χ4v) is 2.92. The van der Waals surface area contributed by atoms with Gasteiger partial charge in [0.1, 0.15) is 0 Å². The topological polar surface area (TPSA) is 52.8 Å². The number of amides is 1. The summed E-state index contributed by atoms with van der Waals surface area (Å²) >= 11 is 0. The highest BCUT2D eigenvalue weighted by Crippen LogP contribution is 2.20. The van der Waals surface area contributed by atoms with Crippen molar-refractivity contribution in [1.82, 2.24) is 14.7 Å². The van der Waals surface area contributed by atoms with Crippen LogP contribution in [0.3, 0.4) is 0 Å². The number of nitrogens with two attached hydrogens (primary N) is 1. The summed E-state index contributed by atoms with van der Waals surface area (Å²) in [7, 11) is 3.88. The molecule has 0 saturated carbocycles. The summed E-state index contributed by atoms with van der Waals surface area (Å²) in [6.07, 6.45) is 3.32. The highest BCUT2D eigenvalue weighted by molar-refractivity contribution is 5.78. The lowest BCUT2D eigenvalue weighted by molar-refractivity contribution is -0.131. The van der Waals surface area contributed by atoms with Crippen molar-refractivity contribution in [2.75, 3.05) is 46.8 Å². The first kappa shape index (κ1) is 13.8. The Balaban J connectivity index is 1.79. The molecule has 1 atom stereocenters. The molecule has 2 saturated heterocycles. The highest BCUT2D eigenvalue weighted by Gasteiger charge is 2.31. The number of rotatable bonds is 3. The van der Waals surface area contributed by atoms with Crippen LogP contribution in [0.1, 0.15) is 19.3 Å². The van der Waals surface area contributed by atoms with E-state index in [0.29, 0.717) is 18.6 Å². The van der Waals surface area contributed by atoms with Crippen LogP contribution in [-0.4, -0.2) is 79.5 Å². The third kappa shape index (κ3) is 3.43. The van der Waals surface area contributed by atoms with Crippen molar-refractivity contribution < 1.29 is 4.79 Å². The van der Waals surface area contributed by atoms with Crippen molar-refractivity contribution in [3.8, 4) is 0 Å². The van der Waals surface area contributed by atoms with E-state index in [1.807, 2.05) is 23.9 Å². The molecule has 2 heterocycles.